The number of carbonyl (C=O) groups excluding carboxylic acids is 2. The van der Waals surface area contributed by atoms with Crippen LogP contribution >= 0.6 is 0 Å². The van der Waals surface area contributed by atoms with Crippen LogP contribution in [0.3, 0.4) is 0 Å². The van der Waals surface area contributed by atoms with Gasteiger partial charge in [-0.3, -0.25) is 14.4 Å². The van der Waals surface area contributed by atoms with Gasteiger partial charge in [0.2, 0.25) is 0 Å². The first-order valence-corrected chi connectivity index (χ1v) is 5.12. The zero-order chi connectivity index (χ0) is 12.3. The molecule has 0 aromatic carbocycles. The number of rotatable bonds is 4. The van der Waals surface area contributed by atoms with Gasteiger partial charge in [0.15, 0.2) is 11.6 Å². The van der Waals surface area contributed by atoms with Gasteiger partial charge >= 0.3 is 5.97 Å². The van der Waals surface area contributed by atoms with E-state index >= 15 is 0 Å². The molecule has 0 radical (unpaired) electrons. The number of aliphatic carboxylic acids is 1. The molecule has 0 aliphatic heterocycles. The van der Waals surface area contributed by atoms with E-state index < -0.39 is 5.97 Å². The Bertz CT molecular complexity index is 401. The smallest absolute Gasteiger partial charge is 0.303 e. The van der Waals surface area contributed by atoms with E-state index in [0.29, 0.717) is 17.6 Å². The molecule has 0 aromatic heterocycles. The van der Waals surface area contributed by atoms with Gasteiger partial charge in [0, 0.05) is 17.6 Å². The van der Waals surface area contributed by atoms with E-state index in [1.807, 2.05) is 0 Å². The van der Waals surface area contributed by atoms with Gasteiger partial charge in [0.25, 0.3) is 0 Å². The lowest BCUT2D eigenvalue weighted by Crippen LogP contribution is -2.17. The first-order chi connectivity index (χ1) is 7.41. The molecule has 0 fully saturated rings. The number of ketones is 2. The Morgan fingerprint density at radius 3 is 2.50 bits per heavy atom. The molecule has 16 heavy (non-hydrogen) atoms. The number of carboxylic acids is 1. The minimum absolute atomic E-state index is 0.00265. The van der Waals surface area contributed by atoms with Gasteiger partial charge in [-0.25, -0.2) is 0 Å². The Kier molecular flexibility index (Phi) is 3.77. The molecule has 1 unspecified atom stereocenters. The van der Waals surface area contributed by atoms with Gasteiger partial charge in [0.1, 0.15) is 0 Å². The summed E-state index contributed by atoms with van der Waals surface area (Å²) in [5.74, 6) is -1.45. The second kappa shape index (κ2) is 4.88. The molecule has 0 amide bonds. The van der Waals surface area contributed by atoms with E-state index in [4.69, 9.17) is 5.11 Å². The van der Waals surface area contributed by atoms with Gasteiger partial charge in [0.05, 0.1) is 0 Å². The molecule has 1 atom stereocenters. The van der Waals surface area contributed by atoms with Crippen LogP contribution in [0, 0.1) is 5.92 Å². The highest BCUT2D eigenvalue weighted by atomic mass is 16.4. The quantitative estimate of drug-likeness (QED) is 0.732. The average Bonchev–Trinajstić information content (AvgIpc) is 2.20. The van der Waals surface area contributed by atoms with Crippen LogP contribution in [0.15, 0.2) is 23.3 Å². The van der Waals surface area contributed by atoms with Crippen LogP contribution in [-0.2, 0) is 14.4 Å². The maximum atomic E-state index is 11.6. The van der Waals surface area contributed by atoms with Crippen molar-refractivity contribution in [1.29, 1.82) is 0 Å². The molecule has 1 rings (SSSR count). The number of allylic oxidation sites excluding steroid dienone is 4. The molecule has 4 heteroatoms. The molecule has 1 N–H and O–H groups in total. The van der Waals surface area contributed by atoms with Gasteiger partial charge in [-0.2, -0.15) is 0 Å². The second-order valence-electron chi connectivity index (χ2n) is 3.99. The van der Waals surface area contributed by atoms with Crippen molar-refractivity contribution in [2.45, 2.75) is 26.7 Å². The third-order valence-corrected chi connectivity index (χ3v) is 2.63. The van der Waals surface area contributed by atoms with E-state index in [1.165, 1.54) is 12.2 Å². The zero-order valence-corrected chi connectivity index (χ0v) is 9.32. The summed E-state index contributed by atoms with van der Waals surface area (Å²) in [6, 6.07) is 0. The summed E-state index contributed by atoms with van der Waals surface area (Å²) in [6.07, 6.45) is 3.01. The second-order valence-corrected chi connectivity index (χ2v) is 3.99. The van der Waals surface area contributed by atoms with Crippen LogP contribution < -0.4 is 0 Å². The van der Waals surface area contributed by atoms with E-state index in [0.717, 1.165) is 0 Å². The fourth-order valence-corrected chi connectivity index (χ4v) is 1.56. The normalized spacial score (nSPS) is 17.9. The summed E-state index contributed by atoms with van der Waals surface area (Å²) in [4.78, 5) is 33.4. The van der Waals surface area contributed by atoms with Gasteiger partial charge in [-0.1, -0.05) is 6.92 Å². The van der Waals surface area contributed by atoms with Crippen molar-refractivity contribution in [2.75, 3.05) is 0 Å². The minimum Gasteiger partial charge on any atom is -0.481 e. The predicted molar refractivity (Wildman–Crippen MR) is 57.9 cm³/mol. The van der Waals surface area contributed by atoms with Crippen LogP contribution in [0.2, 0.25) is 0 Å². The van der Waals surface area contributed by atoms with Gasteiger partial charge in [-0.05, 0) is 31.4 Å². The molecule has 4 nitrogen and oxygen atoms in total. The number of carbonyl (C=O) groups is 3. The maximum absolute atomic E-state index is 11.6. The molecular formula is C12H14O4. The highest BCUT2D eigenvalue weighted by Gasteiger charge is 2.22. The largest absolute Gasteiger partial charge is 0.481 e. The summed E-state index contributed by atoms with van der Waals surface area (Å²) in [5, 5.41) is 8.54. The Morgan fingerprint density at radius 1 is 1.31 bits per heavy atom. The Labute approximate surface area is 93.6 Å². The average molecular weight is 222 g/mol. The highest BCUT2D eigenvalue weighted by molar-refractivity contribution is 6.19. The van der Waals surface area contributed by atoms with Crippen molar-refractivity contribution in [1.82, 2.24) is 0 Å². The van der Waals surface area contributed by atoms with Crippen LogP contribution in [0.1, 0.15) is 26.7 Å². The van der Waals surface area contributed by atoms with Crippen molar-refractivity contribution in [3.05, 3.63) is 23.3 Å². The summed E-state index contributed by atoms with van der Waals surface area (Å²) in [6.45, 7) is 3.35. The van der Waals surface area contributed by atoms with Crippen molar-refractivity contribution in [3.63, 3.8) is 0 Å². The van der Waals surface area contributed by atoms with Crippen LogP contribution in [0.5, 0.6) is 0 Å². The molecule has 0 saturated carbocycles. The summed E-state index contributed by atoms with van der Waals surface area (Å²) in [7, 11) is 0. The molecule has 0 saturated heterocycles. The molecule has 1 aliphatic carbocycles. The van der Waals surface area contributed by atoms with Crippen LogP contribution in [0.25, 0.3) is 0 Å². The van der Waals surface area contributed by atoms with E-state index in [9.17, 15) is 14.4 Å². The number of carboxylic acid groups (broad SMARTS) is 1. The Morgan fingerprint density at radius 2 is 1.94 bits per heavy atom. The van der Waals surface area contributed by atoms with Crippen molar-refractivity contribution in [3.8, 4) is 0 Å². The lowest BCUT2D eigenvalue weighted by Gasteiger charge is -2.15. The predicted octanol–water partition coefficient (Wildman–Crippen LogP) is 1.51. The number of hydrogen-bond acceptors (Lipinski definition) is 3. The first kappa shape index (κ1) is 12.4. The Balaban J connectivity index is 2.74. The lowest BCUT2D eigenvalue weighted by molar-refractivity contribution is -0.137. The van der Waals surface area contributed by atoms with E-state index in [2.05, 4.69) is 0 Å². The molecular weight excluding hydrogens is 208 g/mol. The SMILES string of the molecule is CC1=CC(=O)C(C(C)CCC(=O)O)=CC1=O. The highest BCUT2D eigenvalue weighted by Crippen LogP contribution is 2.22. The molecule has 0 heterocycles. The van der Waals surface area contributed by atoms with E-state index in [-0.39, 0.29) is 23.9 Å². The molecule has 0 spiro atoms. The van der Waals surface area contributed by atoms with E-state index in [1.54, 1.807) is 13.8 Å². The fourth-order valence-electron chi connectivity index (χ4n) is 1.56. The van der Waals surface area contributed by atoms with Crippen molar-refractivity contribution < 1.29 is 19.5 Å². The first-order valence-electron chi connectivity index (χ1n) is 5.12. The molecule has 0 aromatic rings. The van der Waals surface area contributed by atoms with Crippen molar-refractivity contribution >= 4 is 17.5 Å². The zero-order valence-electron chi connectivity index (χ0n) is 9.32. The fraction of sp³-hybridized carbons (Fsp3) is 0.417. The topological polar surface area (TPSA) is 71.4 Å². The maximum Gasteiger partial charge on any atom is 0.303 e. The number of hydrogen-bond donors (Lipinski definition) is 1. The Hall–Kier alpha value is -1.71. The van der Waals surface area contributed by atoms with Crippen molar-refractivity contribution in [2.24, 2.45) is 5.92 Å². The summed E-state index contributed by atoms with van der Waals surface area (Å²) < 4.78 is 0. The van der Waals surface area contributed by atoms with Crippen LogP contribution in [-0.4, -0.2) is 22.6 Å². The van der Waals surface area contributed by atoms with Gasteiger partial charge < -0.3 is 5.11 Å². The monoisotopic (exact) mass is 222 g/mol. The summed E-state index contributed by atoms with van der Waals surface area (Å²) in [5.41, 5.74) is 0.844. The third kappa shape index (κ3) is 2.89. The minimum atomic E-state index is -0.895. The molecule has 1 aliphatic rings. The molecule has 0 bridgehead atoms. The van der Waals surface area contributed by atoms with Crippen LogP contribution in [0.4, 0.5) is 0 Å². The molecule has 86 valence electrons. The standard InChI is InChI=1S/C12H14O4/c1-7(3-4-12(15)16)9-6-10(13)8(2)5-11(9)14/h5-7H,3-4H2,1-2H3,(H,15,16). The third-order valence-electron chi connectivity index (χ3n) is 2.63. The van der Waals surface area contributed by atoms with Gasteiger partial charge in [-0.15, -0.1) is 0 Å². The summed E-state index contributed by atoms with van der Waals surface area (Å²) >= 11 is 0. The lowest BCUT2D eigenvalue weighted by atomic mass is 9.87.